The smallest absolute Gasteiger partial charge is 0.0977 e. The van der Waals surface area contributed by atoms with Crippen molar-refractivity contribution in [2.45, 2.75) is 48.8 Å². The zero-order valence-electron chi connectivity index (χ0n) is 15.5. The number of hydrogen-bond donors (Lipinski definition) is 0. The van der Waals surface area contributed by atoms with E-state index in [1.165, 1.54) is 0 Å². The minimum atomic E-state index is -1.35. The Morgan fingerprint density at radius 2 is 1.85 bits per heavy atom. The summed E-state index contributed by atoms with van der Waals surface area (Å²) in [5.41, 5.74) is 1.10. The predicted octanol–water partition coefficient (Wildman–Crippen LogP) is 5.30. The molecule has 0 aliphatic carbocycles. The van der Waals surface area contributed by atoms with Crippen LogP contribution in [0.5, 0.6) is 0 Å². The molecule has 0 amide bonds. The van der Waals surface area contributed by atoms with Crippen molar-refractivity contribution in [3.8, 4) is 17.9 Å². The fourth-order valence-corrected chi connectivity index (χ4v) is 4.10. The SMILES string of the molecule is CC#CC[C@@](C#N)(C/C=C/C)c1ccccc1[S@@](=O)c1ccc(C)cc1. The van der Waals surface area contributed by atoms with Gasteiger partial charge in [-0.3, -0.25) is 0 Å². The lowest BCUT2D eigenvalue weighted by Crippen LogP contribution is -2.25. The summed E-state index contributed by atoms with van der Waals surface area (Å²) in [5.74, 6) is 5.94. The molecule has 0 N–H and O–H groups in total. The van der Waals surface area contributed by atoms with E-state index in [2.05, 4.69) is 17.9 Å². The van der Waals surface area contributed by atoms with Crippen LogP contribution >= 0.6 is 0 Å². The van der Waals surface area contributed by atoms with Gasteiger partial charge in [0, 0.05) is 16.2 Å². The van der Waals surface area contributed by atoms with Gasteiger partial charge < -0.3 is 0 Å². The van der Waals surface area contributed by atoms with E-state index in [0.29, 0.717) is 17.7 Å². The van der Waals surface area contributed by atoms with Crippen LogP contribution in [0.15, 0.2) is 70.5 Å². The Morgan fingerprint density at radius 1 is 1.15 bits per heavy atom. The van der Waals surface area contributed by atoms with Crippen molar-refractivity contribution in [1.82, 2.24) is 0 Å². The minimum absolute atomic E-state index is 0.409. The Kier molecular flexibility index (Phi) is 6.96. The summed E-state index contributed by atoms with van der Waals surface area (Å²) in [5, 5.41) is 10.0. The first-order valence-corrected chi connectivity index (χ1v) is 9.73. The molecular weight excluding hydrogens is 338 g/mol. The molecule has 0 heterocycles. The molecule has 2 aromatic rings. The van der Waals surface area contributed by atoms with Crippen LogP contribution in [0.1, 0.15) is 37.8 Å². The van der Waals surface area contributed by atoms with Gasteiger partial charge in [-0.05, 0) is 51.0 Å². The molecule has 0 fully saturated rings. The highest BCUT2D eigenvalue weighted by Crippen LogP contribution is 2.36. The molecule has 2 nitrogen and oxygen atoms in total. The van der Waals surface area contributed by atoms with Crippen LogP contribution in [0.2, 0.25) is 0 Å². The maximum atomic E-state index is 13.2. The van der Waals surface area contributed by atoms with Crippen LogP contribution < -0.4 is 0 Å². The Bertz CT molecular complexity index is 910. The summed E-state index contributed by atoms with van der Waals surface area (Å²) in [4.78, 5) is 1.42. The predicted molar refractivity (Wildman–Crippen MR) is 107 cm³/mol. The maximum absolute atomic E-state index is 13.2. The second-order valence-electron chi connectivity index (χ2n) is 6.15. The Morgan fingerprint density at radius 3 is 2.46 bits per heavy atom. The Balaban J connectivity index is 2.60. The minimum Gasteiger partial charge on any atom is -0.249 e. The second kappa shape index (κ2) is 9.18. The molecule has 0 spiro atoms. The van der Waals surface area contributed by atoms with Gasteiger partial charge in [-0.25, -0.2) is 4.21 Å². The van der Waals surface area contributed by atoms with Crippen molar-refractivity contribution in [2.75, 3.05) is 0 Å². The van der Waals surface area contributed by atoms with Crippen molar-refractivity contribution >= 4 is 10.8 Å². The quantitative estimate of drug-likeness (QED) is 0.517. The van der Waals surface area contributed by atoms with Gasteiger partial charge in [-0.1, -0.05) is 48.0 Å². The van der Waals surface area contributed by atoms with Gasteiger partial charge in [-0.2, -0.15) is 5.26 Å². The molecule has 0 saturated carbocycles. The number of hydrogen-bond acceptors (Lipinski definition) is 2. The molecule has 2 atom stereocenters. The highest BCUT2D eigenvalue weighted by Gasteiger charge is 2.34. The number of rotatable bonds is 6. The van der Waals surface area contributed by atoms with Crippen LogP contribution in [0, 0.1) is 30.1 Å². The van der Waals surface area contributed by atoms with E-state index in [0.717, 1.165) is 16.0 Å². The van der Waals surface area contributed by atoms with E-state index in [-0.39, 0.29) is 0 Å². The third-order valence-corrected chi connectivity index (χ3v) is 5.78. The van der Waals surface area contributed by atoms with Crippen LogP contribution in [-0.4, -0.2) is 4.21 Å². The lowest BCUT2D eigenvalue weighted by Gasteiger charge is -2.26. The first-order valence-electron chi connectivity index (χ1n) is 8.58. The summed E-state index contributed by atoms with van der Waals surface area (Å²) < 4.78 is 13.2. The van der Waals surface area contributed by atoms with Crippen LogP contribution in [0.4, 0.5) is 0 Å². The molecule has 0 unspecified atom stereocenters. The molecule has 0 aliphatic rings. The molecule has 26 heavy (non-hydrogen) atoms. The first kappa shape index (κ1) is 19.7. The third-order valence-electron chi connectivity index (χ3n) is 4.32. The van der Waals surface area contributed by atoms with Crippen molar-refractivity contribution in [3.05, 3.63) is 71.8 Å². The van der Waals surface area contributed by atoms with Crippen molar-refractivity contribution in [3.63, 3.8) is 0 Å². The number of allylic oxidation sites excluding steroid dienone is 2. The highest BCUT2D eigenvalue weighted by molar-refractivity contribution is 7.85. The molecule has 0 aliphatic heterocycles. The van der Waals surface area contributed by atoms with Crippen molar-refractivity contribution in [1.29, 1.82) is 5.26 Å². The standard InChI is InChI=1S/C23H23NOS/c1-4-6-16-23(18-24,17-7-5-2)21-10-8-9-11-22(21)26(25)20-14-12-19(3)13-15-20/h4,6,8-15H,16-17H2,1-3H3/b6-4+/t23-,26+/m1/s1. The summed E-state index contributed by atoms with van der Waals surface area (Å²) in [7, 11) is -1.35. The van der Waals surface area contributed by atoms with Crippen molar-refractivity contribution < 1.29 is 4.21 Å². The van der Waals surface area contributed by atoms with E-state index in [9.17, 15) is 9.47 Å². The largest absolute Gasteiger partial charge is 0.249 e. The summed E-state index contributed by atoms with van der Waals surface area (Å²) in [6.45, 7) is 5.71. The highest BCUT2D eigenvalue weighted by atomic mass is 32.2. The van der Waals surface area contributed by atoms with E-state index in [1.807, 2.05) is 74.5 Å². The van der Waals surface area contributed by atoms with Gasteiger partial charge in [0.15, 0.2) is 0 Å². The van der Waals surface area contributed by atoms with E-state index in [4.69, 9.17) is 0 Å². The topological polar surface area (TPSA) is 40.9 Å². The number of nitrogens with zero attached hydrogens (tertiary/aromatic N) is 1. The second-order valence-corrected chi connectivity index (χ2v) is 7.60. The lowest BCUT2D eigenvalue weighted by atomic mass is 9.76. The maximum Gasteiger partial charge on any atom is 0.0977 e. The molecule has 0 aromatic heterocycles. The van der Waals surface area contributed by atoms with E-state index < -0.39 is 16.2 Å². The Labute approximate surface area is 159 Å². The van der Waals surface area contributed by atoms with Gasteiger partial charge in [0.05, 0.1) is 22.3 Å². The number of aryl methyl sites for hydroxylation is 1. The third kappa shape index (κ3) is 4.31. The molecule has 2 aromatic carbocycles. The van der Waals surface area contributed by atoms with Gasteiger partial charge in [0.25, 0.3) is 0 Å². The first-order chi connectivity index (χ1) is 12.6. The Hall–Kier alpha value is -2.62. The van der Waals surface area contributed by atoms with Gasteiger partial charge in [-0.15, -0.1) is 11.8 Å². The van der Waals surface area contributed by atoms with Gasteiger partial charge in [0.2, 0.25) is 0 Å². The molecule has 0 bridgehead atoms. The molecule has 0 radical (unpaired) electrons. The van der Waals surface area contributed by atoms with Gasteiger partial charge >= 0.3 is 0 Å². The fourth-order valence-electron chi connectivity index (χ4n) is 2.79. The average Bonchev–Trinajstić information content (AvgIpc) is 2.69. The monoisotopic (exact) mass is 361 g/mol. The van der Waals surface area contributed by atoms with Crippen LogP contribution in [0.25, 0.3) is 0 Å². The normalized spacial score (nSPS) is 14.1. The van der Waals surface area contributed by atoms with Crippen LogP contribution in [-0.2, 0) is 16.2 Å². The summed E-state index contributed by atoms with van der Waals surface area (Å²) >= 11 is 0. The number of nitriles is 1. The summed E-state index contributed by atoms with van der Waals surface area (Å²) in [6, 6.07) is 17.7. The molecule has 3 heteroatoms. The fraction of sp³-hybridized carbons (Fsp3) is 0.261. The molecule has 0 saturated heterocycles. The van der Waals surface area contributed by atoms with E-state index >= 15 is 0 Å². The zero-order valence-corrected chi connectivity index (χ0v) is 16.3. The average molecular weight is 362 g/mol. The molecule has 132 valence electrons. The zero-order chi connectivity index (χ0) is 19.0. The van der Waals surface area contributed by atoms with Crippen LogP contribution in [0.3, 0.4) is 0 Å². The lowest BCUT2D eigenvalue weighted by molar-refractivity contribution is 0.560. The molecule has 2 rings (SSSR count). The number of benzene rings is 2. The molecular formula is C23H23NOS. The summed E-state index contributed by atoms with van der Waals surface area (Å²) in [6.07, 6.45) is 4.86. The van der Waals surface area contributed by atoms with Gasteiger partial charge in [0.1, 0.15) is 0 Å². The van der Waals surface area contributed by atoms with Crippen molar-refractivity contribution in [2.24, 2.45) is 0 Å². The van der Waals surface area contributed by atoms with E-state index in [1.54, 1.807) is 6.92 Å².